The van der Waals surface area contributed by atoms with E-state index in [4.69, 9.17) is 0 Å². The van der Waals surface area contributed by atoms with E-state index in [1.54, 1.807) is 12.4 Å². The van der Waals surface area contributed by atoms with Gasteiger partial charge in [0.15, 0.2) is 5.69 Å². The van der Waals surface area contributed by atoms with Gasteiger partial charge in [-0.05, 0) is 54.7 Å². The van der Waals surface area contributed by atoms with Crippen LogP contribution in [0.3, 0.4) is 0 Å². The van der Waals surface area contributed by atoms with Crippen LogP contribution < -0.4 is 0 Å². The van der Waals surface area contributed by atoms with E-state index >= 15 is 0 Å². The molecule has 0 bridgehead atoms. The van der Waals surface area contributed by atoms with Crippen molar-refractivity contribution in [3.63, 3.8) is 0 Å². The third kappa shape index (κ3) is 3.88. The normalized spacial score (nSPS) is 16.2. The van der Waals surface area contributed by atoms with Gasteiger partial charge in [0.2, 0.25) is 0 Å². The lowest BCUT2D eigenvalue weighted by Gasteiger charge is -2.25. The molecule has 5 rings (SSSR count). The molecular formula is C22H18F4N6. The summed E-state index contributed by atoms with van der Waals surface area (Å²) in [5.74, 6) is 0.0197. The molecular weight excluding hydrogens is 424 g/mol. The van der Waals surface area contributed by atoms with Crippen LogP contribution in [0.25, 0.3) is 22.6 Å². The van der Waals surface area contributed by atoms with Crippen molar-refractivity contribution in [3.8, 4) is 22.6 Å². The van der Waals surface area contributed by atoms with Crippen molar-refractivity contribution >= 4 is 0 Å². The molecule has 0 fully saturated rings. The number of imidazole rings is 1. The van der Waals surface area contributed by atoms with E-state index in [0.717, 1.165) is 30.4 Å². The van der Waals surface area contributed by atoms with Crippen molar-refractivity contribution in [2.75, 3.05) is 0 Å². The van der Waals surface area contributed by atoms with Gasteiger partial charge >= 0.3 is 6.18 Å². The third-order valence-corrected chi connectivity index (χ3v) is 5.72. The summed E-state index contributed by atoms with van der Waals surface area (Å²) in [5.41, 5.74) is 2.05. The Bertz CT molecular complexity index is 1260. The molecule has 1 atom stereocenters. The Morgan fingerprint density at radius 3 is 2.78 bits per heavy atom. The second-order valence-corrected chi connectivity index (χ2v) is 7.84. The fourth-order valence-electron chi connectivity index (χ4n) is 4.27. The minimum Gasteiger partial charge on any atom is -0.336 e. The smallest absolute Gasteiger partial charge is 0.336 e. The van der Waals surface area contributed by atoms with Crippen molar-refractivity contribution in [3.05, 3.63) is 71.7 Å². The van der Waals surface area contributed by atoms with Crippen LogP contribution in [0.1, 0.15) is 35.6 Å². The Kier molecular flexibility index (Phi) is 4.99. The van der Waals surface area contributed by atoms with Crippen LogP contribution in [-0.2, 0) is 19.1 Å². The van der Waals surface area contributed by atoms with Gasteiger partial charge in [0.25, 0.3) is 0 Å². The first-order valence-corrected chi connectivity index (χ1v) is 10.1. The molecule has 164 valence electrons. The minimum absolute atomic E-state index is 0.221. The van der Waals surface area contributed by atoms with Gasteiger partial charge in [-0.3, -0.25) is 4.98 Å². The highest BCUT2D eigenvalue weighted by Crippen LogP contribution is 2.35. The van der Waals surface area contributed by atoms with Gasteiger partial charge in [0.05, 0.1) is 12.0 Å². The molecule has 1 aliphatic carbocycles. The summed E-state index contributed by atoms with van der Waals surface area (Å²) >= 11 is 0. The summed E-state index contributed by atoms with van der Waals surface area (Å²) in [6, 6.07) is 7.91. The fraction of sp³-hybridized carbons (Fsp3) is 0.273. The molecule has 0 unspecified atom stereocenters. The van der Waals surface area contributed by atoms with E-state index in [1.165, 1.54) is 24.4 Å². The molecule has 0 radical (unpaired) electrons. The highest BCUT2D eigenvalue weighted by molar-refractivity contribution is 5.67. The highest BCUT2D eigenvalue weighted by Gasteiger charge is 2.38. The van der Waals surface area contributed by atoms with Crippen molar-refractivity contribution in [2.24, 2.45) is 0 Å². The molecule has 0 aliphatic heterocycles. The molecule has 0 amide bonds. The molecule has 3 heterocycles. The zero-order chi connectivity index (χ0) is 22.3. The number of halogens is 4. The largest absolute Gasteiger partial charge is 0.437 e. The van der Waals surface area contributed by atoms with Gasteiger partial charge in [0.1, 0.15) is 17.2 Å². The predicted octanol–water partition coefficient (Wildman–Crippen LogP) is 5.01. The quantitative estimate of drug-likeness (QED) is 0.451. The topological polar surface area (TPSA) is 72.3 Å². The monoisotopic (exact) mass is 442 g/mol. The summed E-state index contributed by atoms with van der Waals surface area (Å²) in [5, 5.41) is 8.94. The highest BCUT2D eigenvalue weighted by atomic mass is 19.4. The third-order valence-electron chi connectivity index (χ3n) is 5.72. The van der Waals surface area contributed by atoms with E-state index in [1.807, 2.05) is 22.0 Å². The van der Waals surface area contributed by atoms with E-state index < -0.39 is 11.9 Å². The number of hydrogen-bond donors (Lipinski definition) is 1. The Morgan fingerprint density at radius 2 is 1.94 bits per heavy atom. The summed E-state index contributed by atoms with van der Waals surface area (Å²) in [4.78, 5) is 8.65. The lowest BCUT2D eigenvalue weighted by atomic mass is 9.82. The number of pyridine rings is 1. The number of rotatable bonds is 4. The average Bonchev–Trinajstić information content (AvgIpc) is 3.44. The van der Waals surface area contributed by atoms with Gasteiger partial charge in [0, 0.05) is 30.4 Å². The average molecular weight is 442 g/mol. The lowest BCUT2D eigenvalue weighted by Crippen LogP contribution is -2.15. The number of hydrogen-bond acceptors (Lipinski definition) is 4. The zero-order valence-corrected chi connectivity index (χ0v) is 16.8. The Morgan fingerprint density at radius 1 is 1.06 bits per heavy atom. The molecule has 32 heavy (non-hydrogen) atoms. The minimum atomic E-state index is -4.62. The summed E-state index contributed by atoms with van der Waals surface area (Å²) in [6.07, 6.45) is 3.16. The van der Waals surface area contributed by atoms with E-state index in [9.17, 15) is 17.6 Å². The van der Waals surface area contributed by atoms with Gasteiger partial charge < -0.3 is 4.57 Å². The molecule has 1 aromatic carbocycles. The number of nitrogens with one attached hydrogen (secondary N) is 1. The number of aromatic amines is 1. The standard InChI is InChI=1S/C22H18F4N6/c23-16-4-5-17-13(8-16)2-1-3-15(17)10-32-11-19(28-12-32)18-9-14(6-7-27-18)20-21(22(24,25)26)30-31-29-20/h4-9,11-12,15H,1-3,10H2,(H,29,30,31)/t15-/m0/s1. The molecule has 0 spiro atoms. The SMILES string of the molecule is Fc1ccc2c(c1)CCC[C@H]2Cn1cnc(-c2cc(-c3n[nH]nc3C(F)(F)F)ccn2)c1. The summed E-state index contributed by atoms with van der Waals surface area (Å²) < 4.78 is 55.0. The molecule has 1 aliphatic rings. The summed E-state index contributed by atoms with van der Waals surface area (Å²) in [7, 11) is 0. The fourth-order valence-corrected chi connectivity index (χ4v) is 4.27. The maximum absolute atomic E-state index is 13.6. The Balaban J connectivity index is 1.40. The first kappa shape index (κ1) is 20.3. The van der Waals surface area contributed by atoms with Crippen LogP contribution >= 0.6 is 0 Å². The van der Waals surface area contributed by atoms with Crippen LogP contribution in [0.4, 0.5) is 17.6 Å². The lowest BCUT2D eigenvalue weighted by molar-refractivity contribution is -0.140. The van der Waals surface area contributed by atoms with Crippen molar-refractivity contribution in [2.45, 2.75) is 37.9 Å². The van der Waals surface area contributed by atoms with E-state index in [0.29, 0.717) is 17.9 Å². The van der Waals surface area contributed by atoms with Gasteiger partial charge in [-0.15, -0.1) is 0 Å². The van der Waals surface area contributed by atoms with Crippen molar-refractivity contribution in [1.29, 1.82) is 0 Å². The van der Waals surface area contributed by atoms with E-state index in [2.05, 4.69) is 20.2 Å². The molecule has 10 heteroatoms. The number of benzene rings is 1. The van der Waals surface area contributed by atoms with Crippen LogP contribution in [-0.4, -0.2) is 29.9 Å². The van der Waals surface area contributed by atoms with E-state index in [-0.39, 0.29) is 23.0 Å². The second-order valence-electron chi connectivity index (χ2n) is 7.84. The zero-order valence-electron chi connectivity index (χ0n) is 16.8. The predicted molar refractivity (Wildman–Crippen MR) is 108 cm³/mol. The second kappa shape index (κ2) is 7.85. The molecule has 6 nitrogen and oxygen atoms in total. The first-order valence-electron chi connectivity index (χ1n) is 10.1. The number of fused-ring (bicyclic) bond motifs is 1. The molecule has 3 aromatic heterocycles. The van der Waals surface area contributed by atoms with Gasteiger partial charge in [-0.2, -0.15) is 28.6 Å². The van der Waals surface area contributed by atoms with Crippen LogP contribution in [0.15, 0.2) is 49.1 Å². The number of nitrogens with zero attached hydrogens (tertiary/aromatic N) is 5. The molecule has 0 saturated heterocycles. The summed E-state index contributed by atoms with van der Waals surface area (Å²) in [6.45, 7) is 0.673. The Hall–Kier alpha value is -3.56. The number of H-pyrrole nitrogens is 1. The maximum Gasteiger partial charge on any atom is 0.437 e. The van der Waals surface area contributed by atoms with Gasteiger partial charge in [-0.25, -0.2) is 9.37 Å². The van der Waals surface area contributed by atoms with Crippen LogP contribution in [0.2, 0.25) is 0 Å². The maximum atomic E-state index is 13.6. The molecule has 4 aromatic rings. The van der Waals surface area contributed by atoms with Crippen LogP contribution in [0, 0.1) is 5.82 Å². The van der Waals surface area contributed by atoms with Crippen LogP contribution in [0.5, 0.6) is 0 Å². The first-order chi connectivity index (χ1) is 15.4. The molecule has 0 saturated carbocycles. The number of aromatic nitrogens is 6. The van der Waals surface area contributed by atoms with Crippen molar-refractivity contribution in [1.82, 2.24) is 29.9 Å². The Labute approximate surface area is 180 Å². The van der Waals surface area contributed by atoms with Crippen molar-refractivity contribution < 1.29 is 17.6 Å². The van der Waals surface area contributed by atoms with Gasteiger partial charge in [-0.1, -0.05) is 6.07 Å². The number of alkyl halides is 3. The number of aryl methyl sites for hydroxylation is 1. The molecule has 1 N–H and O–H groups in total.